The number of hydrogen-bond acceptors (Lipinski definition) is 6. The van der Waals surface area contributed by atoms with E-state index in [2.05, 4.69) is 153 Å². The minimum atomic E-state index is -3.06. The summed E-state index contributed by atoms with van der Waals surface area (Å²) in [5.74, 6) is 3.86. The molecule has 1 aliphatic heterocycles. The Balaban J connectivity index is 1.11. The van der Waals surface area contributed by atoms with E-state index in [9.17, 15) is 0 Å². The van der Waals surface area contributed by atoms with Gasteiger partial charge in [0.1, 0.15) is 17.5 Å². The summed E-state index contributed by atoms with van der Waals surface area (Å²) in [5.41, 5.74) is 9.44. The van der Waals surface area contributed by atoms with Crippen molar-refractivity contribution in [1.29, 1.82) is 0 Å². The van der Waals surface area contributed by atoms with Gasteiger partial charge in [-0.15, -0.1) is 0 Å². The Hall–Kier alpha value is -8.60. The molecule has 0 amide bonds. The predicted molar refractivity (Wildman–Crippen MR) is 257 cm³/mol. The van der Waals surface area contributed by atoms with Gasteiger partial charge in [-0.2, -0.15) is 15.0 Å². The minimum absolute atomic E-state index is 0.443. The number of nitrogens with zero attached hydrogens (tertiary/aromatic N) is 9. The first-order valence-electron chi connectivity index (χ1n) is 21.3. The highest BCUT2D eigenvalue weighted by Gasteiger charge is 2.51. The lowest BCUT2D eigenvalue weighted by atomic mass is 10.2. The van der Waals surface area contributed by atoms with Crippen molar-refractivity contribution in [3.8, 4) is 57.4 Å². The van der Waals surface area contributed by atoms with Crippen LogP contribution < -0.4 is 15.6 Å². The van der Waals surface area contributed by atoms with Crippen LogP contribution in [0.25, 0.3) is 90.5 Å². The van der Waals surface area contributed by atoms with Crippen LogP contribution in [0, 0.1) is 0 Å². The quantitative estimate of drug-likeness (QED) is 0.149. The van der Waals surface area contributed by atoms with Crippen molar-refractivity contribution in [2.24, 2.45) is 0 Å². The zero-order valence-electron chi connectivity index (χ0n) is 34.2. The largest absolute Gasteiger partial charge is 0.339 e. The van der Waals surface area contributed by atoms with Gasteiger partial charge in [0.25, 0.3) is 8.24 Å². The summed E-state index contributed by atoms with van der Waals surface area (Å²) in [6.07, 6.45) is 0. The van der Waals surface area contributed by atoms with Crippen LogP contribution in [-0.4, -0.2) is 51.5 Å². The molecule has 13 rings (SSSR count). The van der Waals surface area contributed by atoms with E-state index in [1.54, 1.807) is 0 Å². The fourth-order valence-electron chi connectivity index (χ4n) is 9.66. The molecular weight excluding hydrogens is 803 g/mol. The van der Waals surface area contributed by atoms with Crippen molar-refractivity contribution in [2.75, 3.05) is 0 Å². The number of aromatic nitrogens is 9. The third-order valence-corrected chi connectivity index (χ3v) is 17.0. The monoisotopic (exact) mass is 837 g/mol. The average molecular weight is 838 g/mol. The zero-order chi connectivity index (χ0) is 42.2. The molecule has 0 fully saturated rings. The van der Waals surface area contributed by atoms with Crippen LogP contribution in [0.3, 0.4) is 0 Å². The second-order valence-electron chi connectivity index (χ2n) is 16.0. The molecule has 0 saturated heterocycles. The Labute approximate surface area is 368 Å². The molecule has 300 valence electrons. The smallest absolute Gasteiger partial charge is 0.259 e. The van der Waals surface area contributed by atoms with Crippen molar-refractivity contribution in [1.82, 2.24) is 43.3 Å². The highest BCUT2D eigenvalue weighted by Crippen LogP contribution is 2.36. The maximum absolute atomic E-state index is 5.43. The van der Waals surface area contributed by atoms with E-state index >= 15 is 0 Å². The molecule has 0 radical (unpaired) electrons. The number of imidazole rings is 3. The fourth-order valence-corrected chi connectivity index (χ4v) is 14.7. The molecule has 0 saturated carbocycles. The summed E-state index contributed by atoms with van der Waals surface area (Å²) in [6.45, 7) is 0. The van der Waals surface area contributed by atoms with Crippen LogP contribution >= 0.6 is 0 Å². The van der Waals surface area contributed by atoms with Crippen LogP contribution in [0.15, 0.2) is 212 Å². The van der Waals surface area contributed by atoms with Crippen molar-refractivity contribution in [2.45, 2.75) is 0 Å². The molecule has 4 aromatic heterocycles. The SMILES string of the molecule is c1ccc(-c2nc3ccccc3n2-c2nc(-c3cccc([Si]4(c5ccccc5)c5ccccc5-c5nc6ccccc6n54)c3)nc(-n3c(-c4ccccc4)nc4ccccc43)n2)cc1. The summed E-state index contributed by atoms with van der Waals surface area (Å²) in [4.78, 5) is 31.9. The Kier molecular flexibility index (Phi) is 8.02. The van der Waals surface area contributed by atoms with E-state index in [4.69, 9.17) is 29.9 Å². The van der Waals surface area contributed by atoms with Gasteiger partial charge < -0.3 is 4.23 Å². The number of hydrogen-bond donors (Lipinski definition) is 0. The second-order valence-corrected chi connectivity index (χ2v) is 19.5. The van der Waals surface area contributed by atoms with Crippen LogP contribution in [0.2, 0.25) is 0 Å². The van der Waals surface area contributed by atoms with Crippen LogP contribution in [0.4, 0.5) is 0 Å². The normalized spacial score (nSPS) is 14.3. The highest BCUT2D eigenvalue weighted by molar-refractivity contribution is 7.12. The standard InChI is InChI=1S/C54H35N9Si/c1-4-19-36(20-5-1)50-55-42-28-11-14-31-45(42)61(50)53-58-49(59-54(60-53)62-46-32-15-12-29-43(46)56-51(62)37-21-6-2-7-22-37)38-23-18-26-40(35-38)64(39-24-8-3-9-25-39)48-34-17-10-27-41(48)52-57-44-30-13-16-33-47(44)63(52)64/h1-35H. The van der Waals surface area contributed by atoms with Crippen molar-refractivity contribution < 1.29 is 0 Å². The van der Waals surface area contributed by atoms with Gasteiger partial charge in [-0.25, -0.2) is 15.0 Å². The molecule has 0 N–H and O–H groups in total. The van der Waals surface area contributed by atoms with Crippen molar-refractivity contribution >= 4 is 56.9 Å². The lowest BCUT2D eigenvalue weighted by Crippen LogP contribution is -2.70. The Morgan fingerprint density at radius 2 is 0.781 bits per heavy atom. The lowest BCUT2D eigenvalue weighted by Gasteiger charge is -2.32. The molecular formula is C54H35N9Si. The summed E-state index contributed by atoms with van der Waals surface area (Å²) < 4.78 is 6.67. The number of benzene rings is 8. The van der Waals surface area contributed by atoms with Crippen LogP contribution in [-0.2, 0) is 0 Å². The molecule has 0 spiro atoms. The number of rotatable bonds is 7. The summed E-state index contributed by atoms with van der Waals surface area (Å²) in [5, 5.41) is 3.73. The van der Waals surface area contributed by atoms with Crippen LogP contribution in [0.1, 0.15) is 0 Å². The van der Waals surface area contributed by atoms with Crippen LogP contribution in [0.5, 0.6) is 0 Å². The van der Waals surface area contributed by atoms with Gasteiger partial charge in [0.05, 0.1) is 33.1 Å². The molecule has 12 aromatic rings. The molecule has 0 bridgehead atoms. The van der Waals surface area contributed by atoms with E-state index in [-0.39, 0.29) is 0 Å². The third-order valence-electron chi connectivity index (χ3n) is 12.4. The van der Waals surface area contributed by atoms with E-state index < -0.39 is 8.24 Å². The zero-order valence-corrected chi connectivity index (χ0v) is 35.2. The Bertz CT molecular complexity index is 3610. The van der Waals surface area contributed by atoms with Gasteiger partial charge in [0.15, 0.2) is 5.82 Å². The lowest BCUT2D eigenvalue weighted by molar-refractivity contribution is 0.869. The Morgan fingerprint density at radius 1 is 0.328 bits per heavy atom. The third kappa shape index (κ3) is 5.36. The van der Waals surface area contributed by atoms with E-state index in [0.717, 1.165) is 72.8 Å². The molecule has 9 nitrogen and oxygen atoms in total. The Morgan fingerprint density at radius 3 is 1.39 bits per heavy atom. The van der Waals surface area contributed by atoms with Gasteiger partial charge in [-0.3, -0.25) is 9.13 Å². The van der Waals surface area contributed by atoms with Gasteiger partial charge in [0.2, 0.25) is 11.9 Å². The molecule has 1 aliphatic rings. The number of fused-ring (bicyclic) bond motifs is 7. The van der Waals surface area contributed by atoms with Crippen molar-refractivity contribution in [3.05, 3.63) is 212 Å². The first-order valence-corrected chi connectivity index (χ1v) is 23.3. The second kappa shape index (κ2) is 14.2. The topological polar surface area (TPSA) is 92.1 Å². The van der Waals surface area contributed by atoms with E-state index in [0.29, 0.717) is 17.7 Å². The molecule has 8 aromatic carbocycles. The maximum atomic E-state index is 5.43. The van der Waals surface area contributed by atoms with Gasteiger partial charge in [-0.1, -0.05) is 170 Å². The molecule has 64 heavy (non-hydrogen) atoms. The number of para-hydroxylation sites is 6. The minimum Gasteiger partial charge on any atom is -0.339 e. The summed E-state index contributed by atoms with van der Waals surface area (Å²) in [6, 6.07) is 73.8. The highest BCUT2D eigenvalue weighted by atomic mass is 28.3. The molecule has 1 atom stereocenters. The molecule has 10 heteroatoms. The first-order chi connectivity index (χ1) is 31.7. The maximum Gasteiger partial charge on any atom is 0.259 e. The van der Waals surface area contributed by atoms with Gasteiger partial charge >= 0.3 is 0 Å². The summed E-state index contributed by atoms with van der Waals surface area (Å²) >= 11 is 0. The molecule has 1 unspecified atom stereocenters. The molecule has 5 heterocycles. The van der Waals surface area contributed by atoms with Crippen molar-refractivity contribution in [3.63, 3.8) is 0 Å². The summed E-state index contributed by atoms with van der Waals surface area (Å²) in [7, 11) is -3.06. The first kappa shape index (κ1) is 36.1. The predicted octanol–water partition coefficient (Wildman–Crippen LogP) is 9.40. The van der Waals surface area contributed by atoms with E-state index in [1.165, 1.54) is 15.6 Å². The van der Waals surface area contributed by atoms with Gasteiger partial charge in [0, 0.05) is 22.3 Å². The fraction of sp³-hybridized carbons (Fsp3) is 0. The van der Waals surface area contributed by atoms with Gasteiger partial charge in [-0.05, 0) is 58.0 Å². The molecule has 0 aliphatic carbocycles. The van der Waals surface area contributed by atoms with E-state index in [1.807, 2.05) is 72.8 Å². The average Bonchev–Trinajstić information content (AvgIpc) is 4.13.